The molecule has 44 heavy (non-hydrogen) atoms. The second-order valence-corrected chi connectivity index (χ2v) is 11.9. The highest BCUT2D eigenvalue weighted by Crippen LogP contribution is 2.44. The highest BCUT2D eigenvalue weighted by Gasteiger charge is 2.20. The van der Waals surface area contributed by atoms with Gasteiger partial charge in [-0.2, -0.15) is 10.5 Å². The molecule has 0 atom stereocenters. The second-order valence-electron chi connectivity index (χ2n) is 10.8. The van der Waals surface area contributed by atoms with Gasteiger partial charge in [0.15, 0.2) is 0 Å². The molecule has 3 nitrogen and oxygen atoms in total. The molecule has 0 aliphatic carbocycles. The highest BCUT2D eigenvalue weighted by molar-refractivity contribution is 7.25. The van der Waals surface area contributed by atoms with E-state index in [2.05, 4.69) is 95.9 Å². The molecule has 1 aromatic heterocycles. The van der Waals surface area contributed by atoms with Crippen LogP contribution in [0, 0.1) is 22.7 Å². The Labute approximate surface area is 258 Å². The lowest BCUT2D eigenvalue weighted by Gasteiger charge is -2.28. The van der Waals surface area contributed by atoms with Gasteiger partial charge in [0.05, 0.1) is 34.6 Å². The molecule has 0 aliphatic heterocycles. The van der Waals surface area contributed by atoms with Gasteiger partial charge >= 0.3 is 0 Å². The third-order valence-corrected chi connectivity index (χ3v) is 9.51. The van der Waals surface area contributed by atoms with E-state index in [9.17, 15) is 10.5 Å². The zero-order valence-corrected chi connectivity index (χ0v) is 24.3. The molecule has 0 aliphatic rings. The molecular weight excluding hydrogens is 555 g/mol. The van der Waals surface area contributed by atoms with Crippen LogP contribution in [0.15, 0.2) is 140 Å². The van der Waals surface area contributed by atoms with Crippen LogP contribution in [0.2, 0.25) is 0 Å². The van der Waals surface area contributed by atoms with Gasteiger partial charge in [-0.25, -0.2) is 0 Å². The molecule has 7 aromatic carbocycles. The summed E-state index contributed by atoms with van der Waals surface area (Å²) in [6.45, 7) is 0. The minimum absolute atomic E-state index is 0.640. The number of nitrogens with zero attached hydrogens (tertiary/aromatic N) is 3. The topological polar surface area (TPSA) is 50.8 Å². The summed E-state index contributed by atoms with van der Waals surface area (Å²) in [6, 6.07) is 52.6. The third kappa shape index (κ3) is 4.09. The standard InChI is InChI=1S/C40H23N3S/c41-24-28-15-20-37(33-9-3-1-7-31(28)33)43(38-21-16-29(25-42)32-8-2-4-10-34(32)38)30-18-13-26(14-19-30)27-17-22-40-36(23-27)35-11-5-6-12-39(35)44-40/h1-23H. The fraction of sp³-hybridized carbons (Fsp3) is 0. The monoisotopic (exact) mass is 577 g/mol. The first kappa shape index (κ1) is 25.7. The van der Waals surface area contributed by atoms with E-state index < -0.39 is 0 Å². The summed E-state index contributed by atoms with van der Waals surface area (Å²) in [4.78, 5) is 2.24. The van der Waals surface area contributed by atoms with Crippen LogP contribution in [0.1, 0.15) is 11.1 Å². The van der Waals surface area contributed by atoms with Crippen molar-refractivity contribution in [3.05, 3.63) is 151 Å². The molecule has 4 heteroatoms. The summed E-state index contributed by atoms with van der Waals surface area (Å²) in [7, 11) is 0. The van der Waals surface area contributed by atoms with E-state index in [1.165, 1.54) is 25.7 Å². The van der Waals surface area contributed by atoms with Crippen molar-refractivity contribution in [3.63, 3.8) is 0 Å². The first-order valence-corrected chi connectivity index (χ1v) is 15.2. The Hall–Kier alpha value is -5.94. The zero-order chi connectivity index (χ0) is 29.6. The fourth-order valence-corrected chi connectivity index (χ4v) is 7.35. The Morgan fingerprint density at radius 1 is 0.432 bits per heavy atom. The van der Waals surface area contributed by atoms with Crippen molar-refractivity contribution in [1.82, 2.24) is 0 Å². The molecule has 204 valence electrons. The van der Waals surface area contributed by atoms with Crippen molar-refractivity contribution in [2.75, 3.05) is 4.90 Å². The molecule has 0 spiro atoms. The molecule has 1 heterocycles. The van der Waals surface area contributed by atoms with Crippen LogP contribution in [-0.2, 0) is 0 Å². The van der Waals surface area contributed by atoms with Gasteiger partial charge in [-0.1, -0.05) is 84.9 Å². The van der Waals surface area contributed by atoms with Gasteiger partial charge < -0.3 is 4.90 Å². The van der Waals surface area contributed by atoms with E-state index >= 15 is 0 Å². The van der Waals surface area contributed by atoms with Gasteiger partial charge in [-0.05, 0) is 65.7 Å². The minimum atomic E-state index is 0.640. The Balaban J connectivity index is 1.32. The molecule has 8 rings (SSSR count). The highest BCUT2D eigenvalue weighted by atomic mass is 32.1. The maximum atomic E-state index is 9.85. The summed E-state index contributed by atoms with van der Waals surface area (Å²) in [5, 5.41) is 26.1. The van der Waals surface area contributed by atoms with Gasteiger partial charge in [0.25, 0.3) is 0 Å². The van der Waals surface area contributed by atoms with Gasteiger partial charge in [0, 0.05) is 47.4 Å². The number of nitriles is 2. The van der Waals surface area contributed by atoms with Crippen LogP contribution in [0.5, 0.6) is 0 Å². The SMILES string of the molecule is N#Cc1ccc(N(c2ccc(-c3ccc4sc5ccccc5c4c3)cc2)c2ccc(C#N)c3ccccc23)c2ccccc12. The molecular formula is C40H23N3S. The molecule has 0 bridgehead atoms. The Morgan fingerprint density at radius 2 is 0.932 bits per heavy atom. The van der Waals surface area contributed by atoms with E-state index in [1.807, 2.05) is 72.0 Å². The van der Waals surface area contributed by atoms with Crippen LogP contribution in [0.25, 0.3) is 52.8 Å². The maximum Gasteiger partial charge on any atom is 0.0998 e. The quantitative estimate of drug-likeness (QED) is 0.209. The van der Waals surface area contributed by atoms with E-state index in [0.717, 1.165) is 44.2 Å². The van der Waals surface area contributed by atoms with Crippen LogP contribution in [0.3, 0.4) is 0 Å². The molecule has 0 saturated carbocycles. The van der Waals surface area contributed by atoms with Gasteiger partial charge in [0.2, 0.25) is 0 Å². The van der Waals surface area contributed by atoms with E-state index in [-0.39, 0.29) is 0 Å². The normalized spacial score (nSPS) is 11.1. The summed E-state index contributed by atoms with van der Waals surface area (Å²) < 4.78 is 2.59. The number of fused-ring (bicyclic) bond motifs is 5. The second kappa shape index (κ2) is 10.4. The number of rotatable bonds is 4. The Bertz CT molecular complexity index is 2380. The summed E-state index contributed by atoms with van der Waals surface area (Å²) in [5.41, 5.74) is 6.51. The average molecular weight is 578 g/mol. The molecule has 8 aromatic rings. The van der Waals surface area contributed by atoms with Crippen LogP contribution >= 0.6 is 11.3 Å². The smallest absolute Gasteiger partial charge is 0.0998 e. The van der Waals surface area contributed by atoms with Crippen molar-refractivity contribution >= 4 is 70.1 Å². The van der Waals surface area contributed by atoms with Crippen LogP contribution in [0.4, 0.5) is 17.1 Å². The van der Waals surface area contributed by atoms with Gasteiger partial charge in [0.1, 0.15) is 0 Å². The van der Waals surface area contributed by atoms with E-state index in [0.29, 0.717) is 11.1 Å². The van der Waals surface area contributed by atoms with Crippen LogP contribution < -0.4 is 4.90 Å². The largest absolute Gasteiger partial charge is 0.309 e. The number of hydrogen-bond acceptors (Lipinski definition) is 4. The summed E-state index contributed by atoms with van der Waals surface area (Å²) in [5.74, 6) is 0. The fourth-order valence-electron chi connectivity index (χ4n) is 6.27. The van der Waals surface area contributed by atoms with Crippen LogP contribution in [-0.4, -0.2) is 0 Å². The van der Waals surface area contributed by atoms with Crippen molar-refractivity contribution in [2.24, 2.45) is 0 Å². The zero-order valence-electron chi connectivity index (χ0n) is 23.5. The van der Waals surface area contributed by atoms with E-state index in [4.69, 9.17) is 0 Å². The average Bonchev–Trinajstić information content (AvgIpc) is 3.47. The summed E-state index contributed by atoms with van der Waals surface area (Å²) in [6.07, 6.45) is 0. The number of benzene rings is 7. The predicted octanol–water partition coefficient (Wildman–Crippen LogP) is 11.2. The first-order chi connectivity index (χ1) is 21.7. The molecule has 0 fully saturated rings. The van der Waals surface area contributed by atoms with Gasteiger partial charge in [-0.3, -0.25) is 0 Å². The Morgan fingerprint density at radius 3 is 1.52 bits per heavy atom. The third-order valence-electron chi connectivity index (χ3n) is 8.36. The number of anilines is 3. The van der Waals surface area contributed by atoms with Crippen molar-refractivity contribution < 1.29 is 0 Å². The van der Waals surface area contributed by atoms with Crippen molar-refractivity contribution in [1.29, 1.82) is 10.5 Å². The molecule has 0 radical (unpaired) electrons. The maximum absolute atomic E-state index is 9.85. The summed E-state index contributed by atoms with van der Waals surface area (Å²) >= 11 is 1.83. The van der Waals surface area contributed by atoms with Crippen molar-refractivity contribution in [2.45, 2.75) is 0 Å². The first-order valence-electron chi connectivity index (χ1n) is 14.4. The molecule has 0 unspecified atom stereocenters. The Kier molecular flexibility index (Phi) is 6.09. The number of thiophene rings is 1. The molecule has 0 N–H and O–H groups in total. The lowest BCUT2D eigenvalue weighted by molar-refractivity contribution is 1.31. The van der Waals surface area contributed by atoms with E-state index in [1.54, 1.807) is 0 Å². The lowest BCUT2D eigenvalue weighted by Crippen LogP contribution is -2.11. The van der Waals surface area contributed by atoms with Crippen molar-refractivity contribution in [3.8, 4) is 23.3 Å². The molecule has 0 saturated heterocycles. The lowest BCUT2D eigenvalue weighted by atomic mass is 9.98. The number of hydrogen-bond donors (Lipinski definition) is 0. The molecule has 0 amide bonds. The predicted molar refractivity (Wildman–Crippen MR) is 184 cm³/mol. The van der Waals surface area contributed by atoms with Gasteiger partial charge in [-0.15, -0.1) is 11.3 Å². The minimum Gasteiger partial charge on any atom is -0.309 e.